The lowest BCUT2D eigenvalue weighted by Crippen LogP contribution is -2.42. The van der Waals surface area contributed by atoms with Gasteiger partial charge in [0.05, 0.1) is 12.8 Å². The molecule has 2 amide bonds. The molecule has 0 saturated carbocycles. The monoisotopic (exact) mass is 290 g/mol. The van der Waals surface area contributed by atoms with Crippen LogP contribution in [-0.4, -0.2) is 36.4 Å². The van der Waals surface area contributed by atoms with Gasteiger partial charge in [0, 0.05) is 12.6 Å². The largest absolute Gasteiger partial charge is 0.497 e. The van der Waals surface area contributed by atoms with Crippen LogP contribution in [0.3, 0.4) is 0 Å². The van der Waals surface area contributed by atoms with E-state index < -0.39 is 17.8 Å². The second-order valence-electron chi connectivity index (χ2n) is 4.40. The number of hydrogen-bond acceptors (Lipinski definition) is 3. The molecule has 1 atom stereocenters. The highest BCUT2D eigenvalue weighted by molar-refractivity contribution is 6.00. The Kier molecular flexibility index (Phi) is 4.37. The average molecular weight is 290 g/mol. The van der Waals surface area contributed by atoms with Gasteiger partial charge < -0.3 is 15.0 Å². The van der Waals surface area contributed by atoms with Crippen LogP contribution in [0.25, 0.3) is 0 Å². The molecule has 1 heterocycles. The van der Waals surface area contributed by atoms with Crippen molar-refractivity contribution < 1.29 is 18.7 Å². The van der Waals surface area contributed by atoms with Crippen molar-refractivity contribution in [1.29, 1.82) is 0 Å². The van der Waals surface area contributed by atoms with Crippen LogP contribution in [0.1, 0.15) is 0 Å². The van der Waals surface area contributed by atoms with E-state index in [2.05, 4.69) is 11.9 Å². The van der Waals surface area contributed by atoms with Crippen molar-refractivity contribution in [3.05, 3.63) is 48.8 Å². The van der Waals surface area contributed by atoms with Gasteiger partial charge in [0.25, 0.3) is 5.91 Å². The summed E-state index contributed by atoms with van der Waals surface area (Å²) in [4.78, 5) is 25.1. The van der Waals surface area contributed by atoms with Crippen LogP contribution >= 0.6 is 0 Å². The van der Waals surface area contributed by atoms with Crippen molar-refractivity contribution in [3.63, 3.8) is 0 Å². The highest BCUT2D eigenvalue weighted by Crippen LogP contribution is 2.21. The van der Waals surface area contributed by atoms with E-state index in [1.54, 1.807) is 12.2 Å². The fourth-order valence-electron chi connectivity index (χ4n) is 2.02. The van der Waals surface area contributed by atoms with Gasteiger partial charge in [-0.3, -0.25) is 9.59 Å². The third-order valence-corrected chi connectivity index (χ3v) is 3.12. The Bertz CT molecular complexity index is 613. The number of ether oxygens (including phenoxy) is 1. The van der Waals surface area contributed by atoms with Gasteiger partial charge in [-0.05, 0) is 18.2 Å². The number of nitrogens with zero attached hydrogens (tertiary/aromatic N) is 1. The molecule has 1 aromatic rings. The number of carbonyl (C=O) groups excluding carboxylic acids is 2. The van der Waals surface area contributed by atoms with E-state index in [9.17, 15) is 14.0 Å². The molecular weight excluding hydrogens is 275 g/mol. The first kappa shape index (κ1) is 14.8. The Balaban J connectivity index is 2.12. The Hall–Kier alpha value is -2.63. The third-order valence-electron chi connectivity index (χ3n) is 3.12. The number of nitrogens with one attached hydrogen (secondary N) is 1. The van der Waals surface area contributed by atoms with E-state index in [4.69, 9.17) is 4.74 Å². The molecule has 1 aliphatic heterocycles. The predicted octanol–water partition coefficient (Wildman–Crippen LogP) is 1.73. The first-order valence-corrected chi connectivity index (χ1v) is 6.31. The number of methoxy groups -OCH3 is 1. The second-order valence-corrected chi connectivity index (χ2v) is 4.40. The molecule has 5 nitrogen and oxygen atoms in total. The van der Waals surface area contributed by atoms with Gasteiger partial charge in [-0.2, -0.15) is 0 Å². The smallest absolute Gasteiger partial charge is 0.251 e. The number of hydrogen-bond donors (Lipinski definition) is 1. The molecule has 1 aliphatic rings. The van der Waals surface area contributed by atoms with Gasteiger partial charge in [0.1, 0.15) is 17.6 Å². The van der Waals surface area contributed by atoms with Gasteiger partial charge in [-0.25, -0.2) is 4.39 Å². The molecule has 0 aliphatic carbocycles. The maximum atomic E-state index is 13.8. The summed E-state index contributed by atoms with van der Waals surface area (Å²) in [5.41, 5.74) is 0.0344. The van der Waals surface area contributed by atoms with Crippen molar-refractivity contribution in [2.45, 2.75) is 6.04 Å². The van der Waals surface area contributed by atoms with Crippen LogP contribution in [0.5, 0.6) is 5.75 Å². The summed E-state index contributed by atoms with van der Waals surface area (Å²) in [6.07, 6.45) is 4.44. The Morgan fingerprint density at radius 2 is 2.29 bits per heavy atom. The number of anilines is 1. The highest BCUT2D eigenvalue weighted by atomic mass is 19.1. The molecule has 0 aromatic heterocycles. The summed E-state index contributed by atoms with van der Waals surface area (Å²) >= 11 is 0. The topological polar surface area (TPSA) is 58.6 Å². The molecule has 0 radical (unpaired) electrons. The van der Waals surface area contributed by atoms with Gasteiger partial charge >= 0.3 is 0 Å². The molecule has 0 saturated heterocycles. The maximum Gasteiger partial charge on any atom is 0.251 e. The van der Waals surface area contributed by atoms with Crippen LogP contribution in [0, 0.1) is 5.82 Å². The Labute approximate surface area is 121 Å². The van der Waals surface area contributed by atoms with E-state index in [1.165, 1.54) is 30.2 Å². The first-order chi connectivity index (χ1) is 10.1. The SMILES string of the molecule is C=CC(=O)N1CC=C[C@H]1C(=O)Nc1ccc(OC)cc1F. The molecule has 0 spiro atoms. The average Bonchev–Trinajstić information content (AvgIpc) is 2.98. The van der Waals surface area contributed by atoms with Gasteiger partial charge in [-0.15, -0.1) is 0 Å². The highest BCUT2D eigenvalue weighted by Gasteiger charge is 2.29. The number of rotatable bonds is 4. The third kappa shape index (κ3) is 3.10. The lowest BCUT2D eigenvalue weighted by atomic mass is 10.2. The molecular formula is C15H15FN2O3. The Morgan fingerprint density at radius 1 is 1.52 bits per heavy atom. The van der Waals surface area contributed by atoms with E-state index in [1.807, 2.05) is 0 Å². The molecule has 110 valence electrons. The number of amides is 2. The molecule has 1 aromatic carbocycles. The normalized spacial score (nSPS) is 16.7. The number of halogens is 1. The predicted molar refractivity (Wildman–Crippen MR) is 76.4 cm³/mol. The molecule has 0 fully saturated rings. The van der Waals surface area contributed by atoms with E-state index in [0.717, 1.165) is 6.08 Å². The summed E-state index contributed by atoms with van der Waals surface area (Å²) < 4.78 is 18.7. The molecule has 0 bridgehead atoms. The van der Waals surface area contributed by atoms with E-state index in [0.29, 0.717) is 12.3 Å². The van der Waals surface area contributed by atoms with Crippen LogP contribution in [0.2, 0.25) is 0 Å². The zero-order chi connectivity index (χ0) is 15.4. The minimum absolute atomic E-state index is 0.0344. The molecule has 1 N–H and O–H groups in total. The standard InChI is InChI=1S/C15H15FN2O3/c1-3-14(19)18-8-4-5-13(18)15(20)17-12-7-6-10(21-2)9-11(12)16/h3-7,9,13H,1,8H2,2H3,(H,17,20)/t13-/m0/s1. The van der Waals surface area contributed by atoms with Gasteiger partial charge in [-0.1, -0.05) is 18.7 Å². The van der Waals surface area contributed by atoms with Crippen molar-refractivity contribution in [3.8, 4) is 5.75 Å². The zero-order valence-electron chi connectivity index (χ0n) is 11.5. The zero-order valence-corrected chi connectivity index (χ0v) is 11.5. The summed E-state index contributed by atoms with van der Waals surface area (Å²) in [6, 6.07) is 3.35. The molecule has 2 rings (SSSR count). The van der Waals surface area contributed by atoms with E-state index in [-0.39, 0.29) is 11.6 Å². The lowest BCUT2D eigenvalue weighted by Gasteiger charge is -2.22. The number of carbonyl (C=O) groups is 2. The van der Waals surface area contributed by atoms with Crippen molar-refractivity contribution >= 4 is 17.5 Å². The minimum atomic E-state index is -0.767. The molecule has 6 heteroatoms. The Morgan fingerprint density at radius 3 is 2.90 bits per heavy atom. The summed E-state index contributed by atoms with van der Waals surface area (Å²) in [5, 5.41) is 2.46. The summed E-state index contributed by atoms with van der Waals surface area (Å²) in [5.74, 6) is -1.08. The maximum absolute atomic E-state index is 13.8. The molecule has 21 heavy (non-hydrogen) atoms. The van der Waals surface area contributed by atoms with Crippen LogP contribution in [0.15, 0.2) is 43.0 Å². The molecule has 0 unspecified atom stereocenters. The van der Waals surface area contributed by atoms with Gasteiger partial charge in [0.15, 0.2) is 0 Å². The number of benzene rings is 1. The summed E-state index contributed by atoms with van der Waals surface area (Å²) in [7, 11) is 1.43. The van der Waals surface area contributed by atoms with Crippen LogP contribution < -0.4 is 10.1 Å². The van der Waals surface area contributed by atoms with Gasteiger partial charge in [0.2, 0.25) is 5.91 Å². The van der Waals surface area contributed by atoms with Crippen LogP contribution in [0.4, 0.5) is 10.1 Å². The second kappa shape index (κ2) is 6.21. The lowest BCUT2D eigenvalue weighted by molar-refractivity contribution is -0.131. The fraction of sp³-hybridized carbons (Fsp3) is 0.200. The quantitative estimate of drug-likeness (QED) is 0.678. The van der Waals surface area contributed by atoms with E-state index >= 15 is 0 Å². The van der Waals surface area contributed by atoms with Crippen LogP contribution in [-0.2, 0) is 9.59 Å². The van der Waals surface area contributed by atoms with Crippen molar-refractivity contribution in [2.75, 3.05) is 19.0 Å². The van der Waals surface area contributed by atoms with Crippen molar-refractivity contribution in [2.24, 2.45) is 0 Å². The minimum Gasteiger partial charge on any atom is -0.497 e. The first-order valence-electron chi connectivity index (χ1n) is 6.31. The summed E-state index contributed by atoms with van der Waals surface area (Å²) in [6.45, 7) is 3.72. The fourth-order valence-corrected chi connectivity index (χ4v) is 2.02. The van der Waals surface area contributed by atoms with Crippen molar-refractivity contribution in [1.82, 2.24) is 4.90 Å².